The number of anilines is 1. The molecule has 2 bridgehead atoms. The molecule has 102 valence electrons. The van der Waals surface area contributed by atoms with E-state index in [1.807, 2.05) is 0 Å². The first-order valence-corrected chi connectivity index (χ1v) is 6.68. The van der Waals surface area contributed by atoms with Crippen LogP contribution in [0.1, 0.15) is 12.8 Å². The minimum Gasteiger partial charge on any atom is -0.435 e. The summed E-state index contributed by atoms with van der Waals surface area (Å²) in [7, 11) is 0. The lowest BCUT2D eigenvalue weighted by molar-refractivity contribution is -0.0498. The molecule has 3 atom stereocenters. The van der Waals surface area contributed by atoms with Crippen LogP contribution in [0.25, 0.3) is 0 Å². The predicted molar refractivity (Wildman–Crippen MR) is 70.4 cm³/mol. The molecule has 0 heterocycles. The number of fused-ring (bicyclic) bond motifs is 2. The maximum Gasteiger partial charge on any atom is 0.387 e. The van der Waals surface area contributed by atoms with Gasteiger partial charge in [-0.2, -0.15) is 8.78 Å². The predicted octanol–water partition coefficient (Wildman–Crippen LogP) is 3.91. The molecule has 3 unspecified atom stereocenters. The third kappa shape index (κ3) is 2.88. The largest absolute Gasteiger partial charge is 0.435 e. The summed E-state index contributed by atoms with van der Waals surface area (Å²) >= 11 is 0. The third-order valence-corrected chi connectivity index (χ3v) is 4.06. The summed E-state index contributed by atoms with van der Waals surface area (Å²) in [6, 6.07) is 6.69. The monoisotopic (exact) mass is 265 g/mol. The molecule has 1 fully saturated rings. The Morgan fingerprint density at radius 3 is 2.53 bits per heavy atom. The van der Waals surface area contributed by atoms with E-state index in [4.69, 9.17) is 0 Å². The van der Waals surface area contributed by atoms with Crippen molar-refractivity contribution in [2.75, 3.05) is 11.9 Å². The van der Waals surface area contributed by atoms with Gasteiger partial charge in [0.1, 0.15) is 5.75 Å². The van der Waals surface area contributed by atoms with Crippen LogP contribution in [0.5, 0.6) is 5.75 Å². The second-order valence-electron chi connectivity index (χ2n) is 5.32. The van der Waals surface area contributed by atoms with Crippen LogP contribution in [0.2, 0.25) is 0 Å². The van der Waals surface area contributed by atoms with E-state index < -0.39 is 6.61 Å². The van der Waals surface area contributed by atoms with Crippen molar-refractivity contribution in [1.29, 1.82) is 0 Å². The normalized spacial score (nSPS) is 28.1. The molecule has 1 aromatic carbocycles. The summed E-state index contributed by atoms with van der Waals surface area (Å²) in [6.45, 7) is -1.82. The van der Waals surface area contributed by atoms with Crippen molar-refractivity contribution in [3.05, 3.63) is 36.4 Å². The standard InChI is InChI=1S/C15H17F2NO/c16-15(17)19-14-5-3-13(4-6-14)18-9-12-8-10-1-2-11(12)7-10/h1-6,10-12,15,18H,7-9H2. The number of allylic oxidation sites excluding steroid dienone is 2. The lowest BCUT2D eigenvalue weighted by atomic mass is 9.93. The van der Waals surface area contributed by atoms with E-state index in [2.05, 4.69) is 22.2 Å². The average molecular weight is 265 g/mol. The fourth-order valence-electron chi connectivity index (χ4n) is 3.13. The van der Waals surface area contributed by atoms with Gasteiger partial charge in [-0.05, 0) is 54.9 Å². The van der Waals surface area contributed by atoms with Gasteiger partial charge in [0.05, 0.1) is 0 Å². The molecule has 0 aromatic heterocycles. The minimum absolute atomic E-state index is 0.198. The molecule has 0 aliphatic heterocycles. The highest BCUT2D eigenvalue weighted by Gasteiger charge is 2.35. The van der Waals surface area contributed by atoms with Crippen LogP contribution in [0.4, 0.5) is 14.5 Å². The Labute approximate surface area is 111 Å². The first kappa shape index (κ1) is 12.5. The third-order valence-electron chi connectivity index (χ3n) is 4.06. The van der Waals surface area contributed by atoms with Gasteiger partial charge in [-0.1, -0.05) is 12.2 Å². The van der Waals surface area contributed by atoms with E-state index in [0.717, 1.165) is 24.1 Å². The highest BCUT2D eigenvalue weighted by molar-refractivity contribution is 5.46. The zero-order valence-corrected chi connectivity index (χ0v) is 10.6. The van der Waals surface area contributed by atoms with E-state index in [-0.39, 0.29) is 5.75 Å². The van der Waals surface area contributed by atoms with Gasteiger partial charge in [-0.25, -0.2) is 0 Å². The Kier molecular flexibility index (Phi) is 3.40. The molecule has 4 heteroatoms. The van der Waals surface area contributed by atoms with E-state index in [0.29, 0.717) is 5.92 Å². The zero-order valence-electron chi connectivity index (χ0n) is 10.6. The molecule has 1 aromatic rings. The number of hydrogen-bond acceptors (Lipinski definition) is 2. The van der Waals surface area contributed by atoms with Gasteiger partial charge < -0.3 is 10.1 Å². The molecule has 0 amide bonds. The number of halogens is 2. The Morgan fingerprint density at radius 2 is 1.95 bits per heavy atom. The number of ether oxygens (including phenoxy) is 1. The number of nitrogens with one attached hydrogen (secondary N) is 1. The molecule has 1 N–H and O–H groups in total. The van der Waals surface area contributed by atoms with Gasteiger partial charge in [0.15, 0.2) is 0 Å². The van der Waals surface area contributed by atoms with Crippen molar-refractivity contribution in [2.45, 2.75) is 19.5 Å². The zero-order chi connectivity index (χ0) is 13.2. The molecule has 2 aliphatic rings. The fourth-order valence-corrected chi connectivity index (χ4v) is 3.13. The lowest BCUT2D eigenvalue weighted by Gasteiger charge is -2.19. The second kappa shape index (κ2) is 5.19. The summed E-state index contributed by atoms with van der Waals surface area (Å²) in [6.07, 6.45) is 7.23. The van der Waals surface area contributed by atoms with Crippen molar-refractivity contribution in [3.8, 4) is 5.75 Å². The summed E-state index contributed by atoms with van der Waals surface area (Å²) in [5, 5.41) is 3.38. The summed E-state index contributed by atoms with van der Waals surface area (Å²) < 4.78 is 28.3. The first-order valence-electron chi connectivity index (χ1n) is 6.68. The van der Waals surface area contributed by atoms with Gasteiger partial charge in [0.25, 0.3) is 0 Å². The molecule has 2 nitrogen and oxygen atoms in total. The summed E-state index contributed by atoms with van der Waals surface area (Å²) in [5.74, 6) is 2.40. The Morgan fingerprint density at radius 1 is 1.16 bits per heavy atom. The number of benzene rings is 1. The van der Waals surface area contributed by atoms with E-state index in [9.17, 15) is 8.78 Å². The van der Waals surface area contributed by atoms with E-state index in [1.165, 1.54) is 12.8 Å². The maximum absolute atomic E-state index is 12.0. The molecule has 0 saturated heterocycles. The van der Waals surface area contributed by atoms with Crippen molar-refractivity contribution < 1.29 is 13.5 Å². The molecular formula is C15H17F2NO. The molecule has 2 aliphatic carbocycles. The van der Waals surface area contributed by atoms with Crippen LogP contribution < -0.4 is 10.1 Å². The lowest BCUT2D eigenvalue weighted by Crippen LogP contribution is -2.18. The molecule has 1 saturated carbocycles. The van der Waals surface area contributed by atoms with Crippen LogP contribution >= 0.6 is 0 Å². The number of hydrogen-bond donors (Lipinski definition) is 1. The maximum atomic E-state index is 12.0. The number of rotatable bonds is 5. The van der Waals surface area contributed by atoms with Crippen LogP contribution in [-0.2, 0) is 0 Å². The van der Waals surface area contributed by atoms with Gasteiger partial charge in [0, 0.05) is 12.2 Å². The smallest absolute Gasteiger partial charge is 0.387 e. The Hall–Kier alpha value is -1.58. The van der Waals surface area contributed by atoms with Crippen LogP contribution in [0.15, 0.2) is 36.4 Å². The highest BCUT2D eigenvalue weighted by Crippen LogP contribution is 2.43. The van der Waals surface area contributed by atoms with Crippen molar-refractivity contribution in [1.82, 2.24) is 0 Å². The van der Waals surface area contributed by atoms with Crippen LogP contribution in [-0.4, -0.2) is 13.2 Å². The molecule has 19 heavy (non-hydrogen) atoms. The van der Waals surface area contributed by atoms with Crippen molar-refractivity contribution in [2.24, 2.45) is 17.8 Å². The second-order valence-corrected chi connectivity index (χ2v) is 5.32. The quantitative estimate of drug-likeness (QED) is 0.815. The highest BCUT2D eigenvalue weighted by atomic mass is 19.3. The first-order chi connectivity index (χ1) is 9.20. The molecule has 0 radical (unpaired) electrons. The SMILES string of the molecule is FC(F)Oc1ccc(NCC2CC3C=CC2C3)cc1. The van der Waals surface area contributed by atoms with E-state index >= 15 is 0 Å². The Bertz CT molecular complexity index is 458. The molecular weight excluding hydrogens is 248 g/mol. The van der Waals surface area contributed by atoms with Gasteiger partial charge >= 0.3 is 6.61 Å². The Balaban J connectivity index is 1.51. The van der Waals surface area contributed by atoms with Crippen molar-refractivity contribution >= 4 is 5.69 Å². The molecule has 0 spiro atoms. The van der Waals surface area contributed by atoms with Crippen LogP contribution in [0.3, 0.4) is 0 Å². The average Bonchev–Trinajstić information content (AvgIpc) is 2.99. The minimum atomic E-state index is -2.76. The topological polar surface area (TPSA) is 21.3 Å². The fraction of sp³-hybridized carbons (Fsp3) is 0.467. The van der Waals surface area contributed by atoms with Gasteiger partial charge in [0.2, 0.25) is 0 Å². The van der Waals surface area contributed by atoms with E-state index in [1.54, 1.807) is 24.3 Å². The number of alkyl halides is 2. The summed E-state index contributed by atoms with van der Waals surface area (Å²) in [4.78, 5) is 0. The van der Waals surface area contributed by atoms with Crippen molar-refractivity contribution in [3.63, 3.8) is 0 Å². The molecule has 3 rings (SSSR count). The summed E-state index contributed by atoms with van der Waals surface area (Å²) in [5.41, 5.74) is 0.952. The van der Waals surface area contributed by atoms with Gasteiger partial charge in [-0.3, -0.25) is 0 Å². The van der Waals surface area contributed by atoms with Gasteiger partial charge in [-0.15, -0.1) is 0 Å². The van der Waals surface area contributed by atoms with Crippen LogP contribution in [0, 0.1) is 17.8 Å².